The molecule has 0 amide bonds. The Morgan fingerprint density at radius 2 is 2.00 bits per heavy atom. The summed E-state index contributed by atoms with van der Waals surface area (Å²) in [6.07, 6.45) is 1.72. The maximum Gasteiger partial charge on any atom is 0.162 e. The van der Waals surface area contributed by atoms with Crippen molar-refractivity contribution in [2.45, 2.75) is 39.3 Å². The number of fused-ring (bicyclic) bond motifs is 1. The van der Waals surface area contributed by atoms with Gasteiger partial charge in [-0.25, -0.2) is 9.97 Å². The van der Waals surface area contributed by atoms with Gasteiger partial charge in [0.05, 0.1) is 10.7 Å². The summed E-state index contributed by atoms with van der Waals surface area (Å²) in [7, 11) is -1.04. The molecule has 20 heavy (non-hydrogen) atoms. The number of rotatable bonds is 5. The number of hydrogen-bond acceptors (Lipinski definition) is 3. The van der Waals surface area contributed by atoms with Gasteiger partial charge in [0.1, 0.15) is 16.9 Å². The molecule has 0 bridgehead atoms. The Hall–Kier alpha value is -0.243. The largest absolute Gasteiger partial charge is 0.361 e. The van der Waals surface area contributed by atoms with Gasteiger partial charge in [-0.2, -0.15) is 0 Å². The highest BCUT2D eigenvalue weighted by atomic mass is 79.9. The molecule has 2 rings (SSSR count). The van der Waals surface area contributed by atoms with Crippen molar-refractivity contribution in [3.05, 3.63) is 21.0 Å². The van der Waals surface area contributed by atoms with Gasteiger partial charge in [0.25, 0.3) is 0 Å². The fourth-order valence-electron chi connectivity index (χ4n) is 1.85. The summed E-state index contributed by atoms with van der Waals surface area (Å²) in [6, 6.07) is 1.17. The fourth-order valence-corrected chi connectivity index (χ4v) is 3.36. The molecule has 0 spiro atoms. The molecule has 0 atom stereocenters. The van der Waals surface area contributed by atoms with Gasteiger partial charge in [-0.15, -0.1) is 0 Å². The van der Waals surface area contributed by atoms with Crippen molar-refractivity contribution >= 4 is 51.1 Å². The zero-order valence-corrected chi connectivity index (χ0v) is 16.4. The minimum absolute atomic E-state index is 0.523. The predicted molar refractivity (Wildman–Crippen MR) is 91.8 cm³/mol. The van der Waals surface area contributed by atoms with Crippen LogP contribution in [0, 0.1) is 6.92 Å². The normalized spacial score (nSPS) is 12.3. The molecular weight excluding hydrogens is 402 g/mol. The number of ether oxygens (including phenoxy) is 1. The summed E-state index contributed by atoms with van der Waals surface area (Å²) in [4.78, 5) is 8.90. The van der Waals surface area contributed by atoms with Gasteiger partial charge < -0.3 is 9.30 Å². The van der Waals surface area contributed by atoms with Gasteiger partial charge in [-0.3, -0.25) is 0 Å². The van der Waals surface area contributed by atoms with Crippen molar-refractivity contribution in [1.29, 1.82) is 0 Å². The average molecular weight is 421 g/mol. The van der Waals surface area contributed by atoms with Crippen molar-refractivity contribution in [1.82, 2.24) is 14.5 Å². The van der Waals surface area contributed by atoms with Crippen molar-refractivity contribution in [3.8, 4) is 0 Å². The highest BCUT2D eigenvalue weighted by molar-refractivity contribution is 9.11. The molecule has 2 aromatic rings. The average Bonchev–Trinajstić information content (AvgIpc) is 2.58. The van der Waals surface area contributed by atoms with Crippen LogP contribution in [0.1, 0.15) is 5.69 Å². The third-order valence-electron chi connectivity index (χ3n) is 3.13. The first-order valence-corrected chi connectivity index (χ1v) is 11.8. The van der Waals surface area contributed by atoms with Gasteiger partial charge in [0.15, 0.2) is 5.65 Å². The minimum atomic E-state index is -1.04. The van der Waals surface area contributed by atoms with E-state index in [4.69, 9.17) is 4.74 Å². The van der Waals surface area contributed by atoms with Crippen LogP contribution in [0.3, 0.4) is 0 Å². The molecule has 0 unspecified atom stereocenters. The summed E-state index contributed by atoms with van der Waals surface area (Å²) in [5.74, 6) is 0. The Kier molecular flexibility index (Phi) is 5.04. The Labute approximate surface area is 137 Å². The Balaban J connectivity index is 2.16. The van der Waals surface area contributed by atoms with Gasteiger partial charge in [-0.05, 0) is 44.8 Å². The van der Waals surface area contributed by atoms with E-state index in [0.717, 1.165) is 32.5 Å². The monoisotopic (exact) mass is 419 g/mol. The zero-order valence-electron chi connectivity index (χ0n) is 12.2. The van der Waals surface area contributed by atoms with E-state index in [2.05, 4.69) is 66.0 Å². The van der Waals surface area contributed by atoms with Crippen LogP contribution in [-0.4, -0.2) is 29.2 Å². The van der Waals surface area contributed by atoms with Gasteiger partial charge in [0, 0.05) is 20.4 Å². The van der Waals surface area contributed by atoms with E-state index < -0.39 is 8.07 Å². The molecule has 4 nitrogen and oxygen atoms in total. The summed E-state index contributed by atoms with van der Waals surface area (Å²) < 4.78 is 9.60. The molecule has 0 aromatic carbocycles. The first kappa shape index (κ1) is 16.1. The van der Waals surface area contributed by atoms with Crippen LogP contribution < -0.4 is 0 Å². The molecule has 0 N–H and O–H groups in total. The number of hydrogen-bond donors (Lipinski definition) is 0. The Morgan fingerprint density at radius 1 is 1.30 bits per heavy atom. The SMILES string of the molecule is Cc1c(Br)c2nc(Br)cnc2n1COCC[Si](C)(C)C. The number of nitrogens with zero attached hydrogens (tertiary/aromatic N) is 3. The smallest absolute Gasteiger partial charge is 0.162 e. The third kappa shape index (κ3) is 3.69. The van der Waals surface area contributed by atoms with Crippen LogP contribution in [-0.2, 0) is 11.5 Å². The fraction of sp³-hybridized carbons (Fsp3) is 0.538. The molecule has 0 aliphatic rings. The quantitative estimate of drug-likeness (QED) is 0.525. The van der Waals surface area contributed by atoms with Crippen molar-refractivity contribution < 1.29 is 4.74 Å². The lowest BCUT2D eigenvalue weighted by Crippen LogP contribution is -2.22. The highest BCUT2D eigenvalue weighted by Gasteiger charge is 2.16. The maximum absolute atomic E-state index is 5.83. The van der Waals surface area contributed by atoms with Crippen LogP contribution in [0.2, 0.25) is 25.7 Å². The molecule has 2 heterocycles. The maximum atomic E-state index is 5.83. The van der Waals surface area contributed by atoms with Crippen LogP contribution >= 0.6 is 31.9 Å². The van der Waals surface area contributed by atoms with Crippen molar-refractivity contribution in [3.63, 3.8) is 0 Å². The molecule has 2 aromatic heterocycles. The van der Waals surface area contributed by atoms with Crippen LogP contribution in [0.4, 0.5) is 0 Å². The number of halogens is 2. The summed E-state index contributed by atoms with van der Waals surface area (Å²) in [6.45, 7) is 10.4. The van der Waals surface area contributed by atoms with Gasteiger partial charge in [0.2, 0.25) is 0 Å². The van der Waals surface area contributed by atoms with Gasteiger partial charge in [-0.1, -0.05) is 19.6 Å². The van der Waals surface area contributed by atoms with E-state index in [1.165, 1.54) is 6.04 Å². The van der Waals surface area contributed by atoms with E-state index in [-0.39, 0.29) is 0 Å². The molecule has 110 valence electrons. The second-order valence-electron chi connectivity index (χ2n) is 6.04. The second kappa shape index (κ2) is 6.25. The van der Waals surface area contributed by atoms with Crippen LogP contribution in [0.5, 0.6) is 0 Å². The number of aromatic nitrogens is 3. The molecule has 0 fully saturated rings. The summed E-state index contributed by atoms with van der Waals surface area (Å²) >= 11 is 6.94. The standard InChI is InChI=1S/C13H19Br2N3OSi/c1-9-11(15)12-13(16-7-10(14)17-12)18(9)8-19-5-6-20(2,3)4/h7H,5-6,8H2,1-4H3. The Morgan fingerprint density at radius 3 is 2.65 bits per heavy atom. The Bertz CT molecular complexity index is 622. The van der Waals surface area contributed by atoms with E-state index in [1.807, 2.05) is 6.92 Å². The molecule has 7 heteroatoms. The second-order valence-corrected chi connectivity index (χ2v) is 13.3. The lowest BCUT2D eigenvalue weighted by Gasteiger charge is -2.16. The topological polar surface area (TPSA) is 39.9 Å². The predicted octanol–water partition coefficient (Wildman–Crippen LogP) is 4.58. The summed E-state index contributed by atoms with van der Waals surface area (Å²) in [5, 5.41) is 0. The third-order valence-corrected chi connectivity index (χ3v) is 6.16. The van der Waals surface area contributed by atoms with E-state index in [9.17, 15) is 0 Å². The van der Waals surface area contributed by atoms with E-state index in [0.29, 0.717) is 6.73 Å². The highest BCUT2D eigenvalue weighted by Crippen LogP contribution is 2.28. The summed E-state index contributed by atoms with van der Waals surface area (Å²) in [5.41, 5.74) is 2.81. The molecule has 0 aliphatic heterocycles. The zero-order chi connectivity index (χ0) is 14.9. The van der Waals surface area contributed by atoms with Crippen molar-refractivity contribution in [2.24, 2.45) is 0 Å². The van der Waals surface area contributed by atoms with E-state index in [1.54, 1.807) is 6.20 Å². The molecular formula is C13H19Br2N3OSi. The van der Waals surface area contributed by atoms with Crippen LogP contribution in [0.15, 0.2) is 15.3 Å². The molecule has 0 saturated carbocycles. The van der Waals surface area contributed by atoms with E-state index >= 15 is 0 Å². The first-order chi connectivity index (χ1) is 9.29. The lowest BCUT2D eigenvalue weighted by atomic mass is 10.4. The van der Waals surface area contributed by atoms with Crippen LogP contribution in [0.25, 0.3) is 11.2 Å². The van der Waals surface area contributed by atoms with Crippen molar-refractivity contribution in [2.75, 3.05) is 6.61 Å². The molecule has 0 radical (unpaired) electrons. The first-order valence-electron chi connectivity index (χ1n) is 6.54. The molecule has 0 aliphatic carbocycles. The minimum Gasteiger partial charge on any atom is -0.361 e. The van der Waals surface area contributed by atoms with Gasteiger partial charge >= 0.3 is 0 Å². The lowest BCUT2D eigenvalue weighted by molar-refractivity contribution is 0.0885. The molecule has 0 saturated heterocycles.